The number of fused-ring (bicyclic) bond motifs is 1. The molecule has 5 rings (SSSR count). The molecule has 0 spiro atoms. The van der Waals surface area contributed by atoms with Crippen molar-refractivity contribution in [3.05, 3.63) is 143 Å². The second-order valence-electron chi connectivity index (χ2n) is 8.85. The van der Waals surface area contributed by atoms with Crippen LogP contribution in [0.4, 0.5) is 0 Å². The number of benzene rings is 4. The summed E-state index contributed by atoms with van der Waals surface area (Å²) >= 11 is 0. The van der Waals surface area contributed by atoms with Crippen LogP contribution in [0.15, 0.2) is 115 Å². The number of aryl methyl sites for hydroxylation is 1. The number of rotatable bonds is 7. The maximum absolute atomic E-state index is 13.3. The second kappa shape index (κ2) is 10.6. The van der Waals surface area contributed by atoms with Gasteiger partial charge in [-0.1, -0.05) is 78.9 Å². The fraction of sp³-hybridized carbons (Fsp3) is 0.121. The van der Waals surface area contributed by atoms with Crippen LogP contribution in [0.3, 0.4) is 0 Å². The Hall–Kier alpha value is -4.57. The van der Waals surface area contributed by atoms with E-state index in [1.165, 1.54) is 11.1 Å². The molecule has 1 unspecified atom stereocenters. The van der Waals surface area contributed by atoms with Crippen molar-refractivity contribution in [2.75, 3.05) is 14.2 Å². The lowest BCUT2D eigenvalue weighted by atomic mass is 9.79. The minimum atomic E-state index is -0.136. The molecule has 4 aromatic rings. The third-order valence-electron chi connectivity index (χ3n) is 6.63. The first-order chi connectivity index (χ1) is 18.1. The molecule has 4 nitrogen and oxygen atoms in total. The standard InChI is InChI=1S/C33H28O4/c1-22-11-7-8-14-25(22)32-26-15-9-10-16-29(26)37-33(23-12-5-4-6-13-23)27(32)18-19-28(34)24-17-20-30(35-2)31(21-24)36-3/h4-21,32H,1-3H3. The van der Waals surface area contributed by atoms with Crippen molar-refractivity contribution < 1.29 is 19.0 Å². The van der Waals surface area contributed by atoms with Crippen molar-refractivity contribution in [1.29, 1.82) is 0 Å². The van der Waals surface area contributed by atoms with Crippen LogP contribution in [-0.4, -0.2) is 20.0 Å². The maximum atomic E-state index is 13.3. The topological polar surface area (TPSA) is 44.8 Å². The highest BCUT2D eigenvalue weighted by Gasteiger charge is 2.31. The Balaban J connectivity index is 1.66. The highest BCUT2D eigenvalue weighted by molar-refractivity contribution is 6.05. The SMILES string of the molecule is COc1ccc(C(=O)C=CC2=C(c3ccccc3)Oc3ccccc3C2c2ccccc2C)cc1OC. The highest BCUT2D eigenvalue weighted by Crippen LogP contribution is 2.47. The van der Waals surface area contributed by atoms with Crippen LogP contribution in [0.1, 0.15) is 38.5 Å². The Bertz CT molecular complexity index is 1500. The molecule has 0 saturated carbocycles. The van der Waals surface area contributed by atoms with E-state index in [1.807, 2.05) is 60.7 Å². The van der Waals surface area contributed by atoms with Gasteiger partial charge in [-0.05, 0) is 48.4 Å². The number of carbonyl (C=O) groups excluding carboxylic acids is 1. The van der Waals surface area contributed by atoms with Crippen LogP contribution in [0.5, 0.6) is 17.2 Å². The minimum absolute atomic E-state index is 0.101. The van der Waals surface area contributed by atoms with Crippen LogP contribution in [0, 0.1) is 6.92 Å². The number of hydrogen-bond donors (Lipinski definition) is 0. The zero-order chi connectivity index (χ0) is 25.8. The number of hydrogen-bond acceptors (Lipinski definition) is 4. The summed E-state index contributed by atoms with van der Waals surface area (Å²) in [6.07, 6.45) is 3.51. The molecule has 0 fully saturated rings. The van der Waals surface area contributed by atoms with Gasteiger partial charge in [0.1, 0.15) is 11.5 Å². The van der Waals surface area contributed by atoms with Crippen LogP contribution >= 0.6 is 0 Å². The van der Waals surface area contributed by atoms with Gasteiger partial charge in [-0.3, -0.25) is 4.79 Å². The lowest BCUT2D eigenvalue weighted by Gasteiger charge is -2.31. The average Bonchev–Trinajstić information content (AvgIpc) is 2.95. The van der Waals surface area contributed by atoms with E-state index in [0.29, 0.717) is 17.1 Å². The molecule has 4 heteroatoms. The van der Waals surface area contributed by atoms with E-state index < -0.39 is 0 Å². The van der Waals surface area contributed by atoms with Crippen molar-refractivity contribution in [2.24, 2.45) is 0 Å². The minimum Gasteiger partial charge on any atom is -0.493 e. The van der Waals surface area contributed by atoms with Crippen molar-refractivity contribution in [2.45, 2.75) is 12.8 Å². The van der Waals surface area contributed by atoms with Gasteiger partial charge < -0.3 is 14.2 Å². The number of ether oxygens (including phenoxy) is 3. The summed E-state index contributed by atoms with van der Waals surface area (Å²) < 4.78 is 17.2. The summed E-state index contributed by atoms with van der Waals surface area (Å²) in [5.74, 6) is 2.41. The first-order valence-electron chi connectivity index (χ1n) is 12.2. The van der Waals surface area contributed by atoms with Crippen molar-refractivity contribution in [3.63, 3.8) is 0 Å². The first kappa shape index (κ1) is 24.1. The zero-order valence-electron chi connectivity index (χ0n) is 21.1. The Labute approximate surface area is 217 Å². The lowest BCUT2D eigenvalue weighted by Crippen LogP contribution is -2.16. The summed E-state index contributed by atoms with van der Waals surface area (Å²) in [6, 6.07) is 31.7. The predicted molar refractivity (Wildman–Crippen MR) is 146 cm³/mol. The Kier molecular flexibility index (Phi) is 6.91. The average molecular weight is 489 g/mol. The third-order valence-corrected chi connectivity index (χ3v) is 6.63. The van der Waals surface area contributed by atoms with Gasteiger partial charge in [0.05, 0.1) is 14.2 Å². The van der Waals surface area contributed by atoms with E-state index in [9.17, 15) is 4.79 Å². The molecule has 0 N–H and O–H groups in total. The molecule has 0 amide bonds. The van der Waals surface area contributed by atoms with Gasteiger partial charge in [-0.15, -0.1) is 0 Å². The van der Waals surface area contributed by atoms with Crippen LogP contribution in [0.2, 0.25) is 0 Å². The van der Waals surface area contributed by atoms with E-state index in [-0.39, 0.29) is 11.7 Å². The highest BCUT2D eigenvalue weighted by atomic mass is 16.5. The first-order valence-corrected chi connectivity index (χ1v) is 12.2. The normalized spacial score (nSPS) is 14.7. The lowest BCUT2D eigenvalue weighted by molar-refractivity contribution is 0.104. The molecule has 0 saturated heterocycles. The largest absolute Gasteiger partial charge is 0.493 e. The van der Waals surface area contributed by atoms with Crippen molar-refractivity contribution in [3.8, 4) is 17.2 Å². The molecule has 1 heterocycles. The molecule has 1 aliphatic rings. The summed E-state index contributed by atoms with van der Waals surface area (Å²) in [4.78, 5) is 13.3. The number of carbonyl (C=O) groups is 1. The maximum Gasteiger partial charge on any atom is 0.185 e. The van der Waals surface area contributed by atoms with Gasteiger partial charge in [0.15, 0.2) is 17.3 Å². The smallest absolute Gasteiger partial charge is 0.185 e. The Morgan fingerprint density at radius 3 is 2.19 bits per heavy atom. The van der Waals surface area contributed by atoms with Crippen LogP contribution < -0.4 is 14.2 Å². The molecule has 1 atom stereocenters. The van der Waals surface area contributed by atoms with Crippen LogP contribution in [0.25, 0.3) is 5.76 Å². The van der Waals surface area contributed by atoms with Crippen molar-refractivity contribution in [1.82, 2.24) is 0 Å². The fourth-order valence-electron chi connectivity index (χ4n) is 4.76. The molecule has 0 radical (unpaired) electrons. The number of allylic oxidation sites excluding steroid dienone is 3. The Morgan fingerprint density at radius 2 is 1.46 bits per heavy atom. The molecule has 0 aliphatic carbocycles. The third kappa shape index (κ3) is 4.78. The van der Waals surface area contributed by atoms with Gasteiger partial charge in [-0.2, -0.15) is 0 Å². The molecular formula is C33H28O4. The van der Waals surface area contributed by atoms with Gasteiger partial charge in [-0.25, -0.2) is 0 Å². The zero-order valence-corrected chi connectivity index (χ0v) is 21.1. The molecule has 0 aromatic heterocycles. The monoisotopic (exact) mass is 488 g/mol. The summed E-state index contributed by atoms with van der Waals surface area (Å²) in [5.41, 5.74) is 5.80. The predicted octanol–water partition coefficient (Wildman–Crippen LogP) is 7.39. The number of ketones is 1. The molecule has 0 bridgehead atoms. The fourth-order valence-corrected chi connectivity index (χ4v) is 4.76. The molecular weight excluding hydrogens is 460 g/mol. The summed E-state index contributed by atoms with van der Waals surface area (Å²) in [6.45, 7) is 2.12. The molecule has 184 valence electrons. The van der Waals surface area contributed by atoms with E-state index in [2.05, 4.69) is 31.2 Å². The number of para-hydroxylation sites is 1. The van der Waals surface area contributed by atoms with E-state index in [1.54, 1.807) is 38.5 Å². The van der Waals surface area contributed by atoms with Gasteiger partial charge in [0, 0.05) is 28.2 Å². The van der Waals surface area contributed by atoms with Gasteiger partial charge in [0.25, 0.3) is 0 Å². The molecule has 37 heavy (non-hydrogen) atoms. The van der Waals surface area contributed by atoms with E-state index in [0.717, 1.165) is 28.2 Å². The second-order valence-corrected chi connectivity index (χ2v) is 8.85. The van der Waals surface area contributed by atoms with Gasteiger partial charge >= 0.3 is 0 Å². The summed E-state index contributed by atoms with van der Waals surface area (Å²) in [5, 5.41) is 0. The molecule has 4 aromatic carbocycles. The van der Waals surface area contributed by atoms with Crippen molar-refractivity contribution >= 4 is 11.5 Å². The Morgan fingerprint density at radius 1 is 0.784 bits per heavy atom. The molecule has 1 aliphatic heterocycles. The van der Waals surface area contributed by atoms with E-state index in [4.69, 9.17) is 14.2 Å². The summed E-state index contributed by atoms with van der Waals surface area (Å²) in [7, 11) is 3.13. The number of methoxy groups -OCH3 is 2. The quantitative estimate of drug-likeness (QED) is 0.201. The van der Waals surface area contributed by atoms with Crippen LogP contribution in [-0.2, 0) is 0 Å². The van der Waals surface area contributed by atoms with E-state index >= 15 is 0 Å². The van der Waals surface area contributed by atoms with Gasteiger partial charge in [0.2, 0.25) is 0 Å².